The van der Waals surface area contributed by atoms with Gasteiger partial charge in [0.2, 0.25) is 0 Å². The van der Waals surface area contributed by atoms with Gasteiger partial charge in [-0.2, -0.15) is 0 Å². The number of rotatable bonds is 7. The third-order valence-corrected chi connectivity index (χ3v) is 8.01. The SMILES string of the molecule is CC(C)(O)c1cc(-c2cccc(C#Cc3ccc4cc(F)c(F)cc4n3)c2)ccc1SCC(C(=O)[O-])C1CC1.[Na+]. The Bertz CT molecular complexity index is 1640. The molecule has 1 N–H and O–H groups in total. The van der Waals surface area contributed by atoms with E-state index < -0.39 is 29.1 Å². The number of aromatic nitrogens is 1. The Labute approximate surface area is 258 Å². The molecule has 5 rings (SSSR count). The molecular weight excluding hydrogens is 539 g/mol. The molecule has 1 aliphatic carbocycles. The van der Waals surface area contributed by atoms with Gasteiger partial charge in [-0.15, -0.1) is 11.8 Å². The molecule has 4 aromatic rings. The molecule has 0 aliphatic heterocycles. The summed E-state index contributed by atoms with van der Waals surface area (Å²) >= 11 is 1.44. The van der Waals surface area contributed by atoms with Crippen molar-refractivity contribution in [1.82, 2.24) is 4.98 Å². The maximum atomic E-state index is 13.6. The summed E-state index contributed by atoms with van der Waals surface area (Å²) in [6.07, 6.45) is 1.84. The molecule has 4 nitrogen and oxygen atoms in total. The van der Waals surface area contributed by atoms with Gasteiger partial charge in [0, 0.05) is 39.6 Å². The molecule has 0 spiro atoms. The summed E-state index contributed by atoms with van der Waals surface area (Å²) in [7, 11) is 0. The first-order valence-corrected chi connectivity index (χ1v) is 13.7. The smallest absolute Gasteiger partial charge is 0.550 e. The van der Waals surface area contributed by atoms with Gasteiger partial charge in [0.05, 0.1) is 11.1 Å². The Hall–Kier alpha value is -2.73. The van der Waals surface area contributed by atoms with E-state index in [1.807, 2.05) is 42.5 Å². The number of halogens is 2. The van der Waals surface area contributed by atoms with Crippen molar-refractivity contribution in [3.8, 4) is 23.0 Å². The van der Waals surface area contributed by atoms with Crippen LogP contribution in [0.4, 0.5) is 8.78 Å². The fourth-order valence-corrected chi connectivity index (χ4v) is 5.88. The normalized spacial score (nSPS) is 13.7. The van der Waals surface area contributed by atoms with E-state index >= 15 is 0 Å². The maximum Gasteiger partial charge on any atom is 1.00 e. The van der Waals surface area contributed by atoms with Crippen LogP contribution in [0.1, 0.15) is 43.5 Å². The largest absolute Gasteiger partial charge is 1.00 e. The Morgan fingerprint density at radius 2 is 1.77 bits per heavy atom. The minimum absolute atomic E-state index is 0. The quantitative estimate of drug-likeness (QED) is 0.212. The average Bonchev–Trinajstić information content (AvgIpc) is 3.73. The minimum Gasteiger partial charge on any atom is -0.550 e. The van der Waals surface area contributed by atoms with Gasteiger partial charge in [0.25, 0.3) is 0 Å². The third kappa shape index (κ3) is 7.12. The minimum atomic E-state index is -1.13. The molecule has 1 heterocycles. The number of pyridine rings is 1. The van der Waals surface area contributed by atoms with Crippen LogP contribution in [0.2, 0.25) is 0 Å². The van der Waals surface area contributed by atoms with Crippen LogP contribution in [0.5, 0.6) is 0 Å². The Morgan fingerprint density at radius 1 is 1.05 bits per heavy atom. The molecule has 0 bridgehead atoms. The molecule has 1 unspecified atom stereocenters. The zero-order valence-corrected chi connectivity index (χ0v) is 25.3. The van der Waals surface area contributed by atoms with E-state index in [4.69, 9.17) is 0 Å². The predicted molar refractivity (Wildman–Crippen MR) is 147 cm³/mol. The van der Waals surface area contributed by atoms with Gasteiger partial charge in [-0.3, -0.25) is 0 Å². The summed E-state index contributed by atoms with van der Waals surface area (Å²) in [6, 6.07) is 18.9. The second-order valence-electron chi connectivity index (χ2n) is 10.3. The molecule has 0 radical (unpaired) electrons. The molecule has 40 heavy (non-hydrogen) atoms. The standard InChI is InChI=1S/C32H27F2NO3S.Na/c1-32(2,38)26-15-22(10-13-30(26)39-18-25(31(36)37)20-7-8-20)21-5-3-4-19(14-21)6-11-24-12-9-23-16-27(33)28(34)17-29(23)35-24;/h3-5,9-10,12-17,20,25,38H,7-8,18H2,1-2H3,(H,36,37);/q;+1/p-1. The molecule has 3 aromatic carbocycles. The summed E-state index contributed by atoms with van der Waals surface area (Å²) in [5, 5.41) is 23.0. The number of carbonyl (C=O) groups is 1. The van der Waals surface area contributed by atoms with Crippen LogP contribution >= 0.6 is 11.8 Å². The average molecular weight is 566 g/mol. The number of hydrogen-bond donors (Lipinski definition) is 1. The number of nitrogens with zero attached hydrogens (tertiary/aromatic N) is 1. The van der Waals surface area contributed by atoms with Gasteiger partial charge in [-0.05, 0) is 97.7 Å². The van der Waals surface area contributed by atoms with E-state index in [9.17, 15) is 23.8 Å². The van der Waals surface area contributed by atoms with Gasteiger partial charge in [-0.1, -0.05) is 24.1 Å². The fraction of sp³-hybridized carbons (Fsp3) is 0.250. The van der Waals surface area contributed by atoms with Crippen LogP contribution in [-0.4, -0.2) is 21.8 Å². The first-order valence-electron chi connectivity index (χ1n) is 12.7. The topological polar surface area (TPSA) is 73.2 Å². The van der Waals surface area contributed by atoms with Crippen LogP contribution in [-0.2, 0) is 10.4 Å². The molecule has 198 valence electrons. The first-order chi connectivity index (χ1) is 18.6. The Kier molecular flexibility index (Phi) is 9.39. The number of aliphatic carboxylic acids is 1. The molecule has 1 fully saturated rings. The van der Waals surface area contributed by atoms with Crippen molar-refractivity contribution in [3.63, 3.8) is 0 Å². The van der Waals surface area contributed by atoms with Gasteiger partial charge in [0.15, 0.2) is 11.6 Å². The van der Waals surface area contributed by atoms with E-state index in [0.717, 1.165) is 52.1 Å². The second kappa shape index (κ2) is 12.4. The number of carboxylic acids is 1. The van der Waals surface area contributed by atoms with Crippen LogP contribution in [0.3, 0.4) is 0 Å². The number of carbonyl (C=O) groups excluding carboxylic acids is 1. The number of thioether (sulfide) groups is 1. The maximum absolute atomic E-state index is 13.6. The monoisotopic (exact) mass is 565 g/mol. The Morgan fingerprint density at radius 3 is 2.48 bits per heavy atom. The van der Waals surface area contributed by atoms with Crippen molar-refractivity contribution in [1.29, 1.82) is 0 Å². The van der Waals surface area contributed by atoms with Crippen molar-refractivity contribution < 1.29 is 53.3 Å². The van der Waals surface area contributed by atoms with Crippen molar-refractivity contribution in [2.45, 2.75) is 37.2 Å². The van der Waals surface area contributed by atoms with Crippen LogP contribution in [0.25, 0.3) is 22.0 Å². The molecule has 0 amide bonds. The second-order valence-corrected chi connectivity index (χ2v) is 11.4. The fourth-order valence-electron chi connectivity index (χ4n) is 4.49. The number of benzene rings is 3. The van der Waals surface area contributed by atoms with Gasteiger partial charge < -0.3 is 15.0 Å². The summed E-state index contributed by atoms with van der Waals surface area (Å²) in [6.45, 7) is 3.43. The molecule has 0 saturated heterocycles. The van der Waals surface area contributed by atoms with Crippen LogP contribution in [0.15, 0.2) is 71.6 Å². The van der Waals surface area contributed by atoms with E-state index in [-0.39, 0.29) is 35.5 Å². The zero-order valence-electron chi connectivity index (χ0n) is 22.5. The number of carboxylic acid groups (broad SMARTS) is 1. The van der Waals surface area contributed by atoms with E-state index in [1.165, 1.54) is 11.8 Å². The molecule has 8 heteroatoms. The van der Waals surface area contributed by atoms with Crippen LogP contribution < -0.4 is 34.7 Å². The summed E-state index contributed by atoms with van der Waals surface area (Å²) in [5.41, 5.74) is 2.89. The van der Waals surface area contributed by atoms with Gasteiger partial charge >= 0.3 is 29.6 Å². The predicted octanol–water partition coefficient (Wildman–Crippen LogP) is 2.68. The molecular formula is C32H26F2NNaO3S. The van der Waals surface area contributed by atoms with E-state index in [1.54, 1.807) is 26.0 Å². The summed E-state index contributed by atoms with van der Waals surface area (Å²) < 4.78 is 27.1. The molecule has 1 saturated carbocycles. The number of hydrogen-bond acceptors (Lipinski definition) is 5. The zero-order chi connectivity index (χ0) is 27.7. The molecule has 1 aromatic heterocycles. The van der Waals surface area contributed by atoms with Gasteiger partial charge in [0.1, 0.15) is 5.69 Å². The van der Waals surface area contributed by atoms with Crippen molar-refractivity contribution in [2.24, 2.45) is 11.8 Å². The number of aliphatic hydroxyl groups is 1. The summed E-state index contributed by atoms with van der Waals surface area (Å²) in [4.78, 5) is 16.7. The Balaban J connectivity index is 0.00000370. The van der Waals surface area contributed by atoms with E-state index in [2.05, 4.69) is 16.8 Å². The molecule has 1 aliphatic rings. The van der Waals surface area contributed by atoms with Gasteiger partial charge in [-0.25, -0.2) is 13.8 Å². The van der Waals surface area contributed by atoms with Crippen molar-refractivity contribution in [3.05, 3.63) is 95.2 Å². The first kappa shape index (κ1) is 30.2. The van der Waals surface area contributed by atoms with E-state index in [0.29, 0.717) is 22.3 Å². The van der Waals surface area contributed by atoms with Crippen LogP contribution in [0, 0.1) is 35.3 Å². The van der Waals surface area contributed by atoms with Crippen molar-refractivity contribution in [2.75, 3.05) is 5.75 Å². The molecule has 1 atom stereocenters. The summed E-state index contributed by atoms with van der Waals surface area (Å²) in [5.74, 6) is 3.29. The van der Waals surface area contributed by atoms with Crippen molar-refractivity contribution >= 4 is 28.6 Å². The third-order valence-electron chi connectivity index (χ3n) is 6.81. The number of fused-ring (bicyclic) bond motifs is 1.